The molecule has 0 aromatic rings. The van der Waals surface area contributed by atoms with Crippen LogP contribution in [-0.4, -0.2) is 84.3 Å². The van der Waals surface area contributed by atoms with Crippen LogP contribution in [0.4, 0.5) is 0 Å². The molecule has 8 heteroatoms. The predicted molar refractivity (Wildman–Crippen MR) is 90.4 cm³/mol. The number of unbranched alkanes of at least 4 members (excludes halogenated alkanes) is 5. The van der Waals surface area contributed by atoms with E-state index < -0.39 is 37.0 Å². The Kier molecular flexibility index (Phi) is 7.65. The number of hydrogen-bond acceptors (Lipinski definition) is 8. The van der Waals surface area contributed by atoms with Gasteiger partial charge in [0.05, 0.1) is 13.2 Å². The van der Waals surface area contributed by atoms with E-state index in [1.54, 1.807) is 0 Å². The summed E-state index contributed by atoms with van der Waals surface area (Å²) in [7, 11) is 0. The highest BCUT2D eigenvalue weighted by Crippen LogP contribution is 2.41. The van der Waals surface area contributed by atoms with E-state index in [0.717, 1.165) is 12.8 Å². The molecule has 0 aromatic heterocycles. The summed E-state index contributed by atoms with van der Waals surface area (Å²) >= 11 is 0. The fraction of sp³-hybridized carbons (Fsp3) is 1.00. The zero-order chi connectivity index (χ0) is 18.5. The van der Waals surface area contributed by atoms with E-state index >= 15 is 0 Å². The van der Waals surface area contributed by atoms with Gasteiger partial charge in [0, 0.05) is 6.61 Å². The van der Waals surface area contributed by atoms with Crippen molar-refractivity contribution in [3.05, 3.63) is 0 Å². The lowest BCUT2D eigenvalue weighted by Gasteiger charge is -2.24. The van der Waals surface area contributed by atoms with Crippen LogP contribution in [0, 0.1) is 0 Å². The van der Waals surface area contributed by atoms with Gasteiger partial charge in [-0.2, -0.15) is 0 Å². The SMILES string of the molecule is CCCCCCCCO[C@H]1O[C@H](CO)[C@@H](O[C@H]2O[C@H](CO)[C@H]3O[C@@H]23)[C@@H]1O. The Morgan fingerprint density at radius 1 is 0.808 bits per heavy atom. The van der Waals surface area contributed by atoms with Crippen LogP contribution >= 0.6 is 0 Å². The van der Waals surface area contributed by atoms with E-state index in [2.05, 4.69) is 6.92 Å². The van der Waals surface area contributed by atoms with Crippen LogP contribution in [0.15, 0.2) is 0 Å². The van der Waals surface area contributed by atoms with E-state index in [4.69, 9.17) is 23.7 Å². The molecule has 3 fully saturated rings. The number of fused-ring (bicyclic) bond motifs is 1. The average Bonchev–Trinajstić information content (AvgIpc) is 3.29. The number of aliphatic hydroxyl groups excluding tert-OH is 3. The molecule has 0 aromatic carbocycles. The van der Waals surface area contributed by atoms with Gasteiger partial charge in [-0.05, 0) is 6.42 Å². The number of epoxide rings is 1. The van der Waals surface area contributed by atoms with Gasteiger partial charge in [0.1, 0.15) is 36.6 Å². The van der Waals surface area contributed by atoms with Gasteiger partial charge in [0.15, 0.2) is 12.6 Å². The van der Waals surface area contributed by atoms with Crippen molar-refractivity contribution in [1.82, 2.24) is 0 Å². The van der Waals surface area contributed by atoms with E-state index in [1.807, 2.05) is 0 Å². The summed E-state index contributed by atoms with van der Waals surface area (Å²) in [5, 5.41) is 29.2. The first kappa shape index (κ1) is 20.4. The molecule has 3 rings (SSSR count). The topological polar surface area (TPSA) is 110 Å². The Balaban J connectivity index is 1.40. The van der Waals surface area contributed by atoms with Crippen LogP contribution < -0.4 is 0 Å². The van der Waals surface area contributed by atoms with Gasteiger partial charge in [-0.25, -0.2) is 0 Å². The lowest BCUT2D eigenvalue weighted by molar-refractivity contribution is -0.220. The van der Waals surface area contributed by atoms with E-state index in [0.29, 0.717) is 6.61 Å². The minimum Gasteiger partial charge on any atom is -0.394 e. The second-order valence-corrected chi connectivity index (χ2v) is 7.25. The smallest absolute Gasteiger partial charge is 0.187 e. The molecule has 0 unspecified atom stereocenters. The Labute approximate surface area is 154 Å². The van der Waals surface area contributed by atoms with Crippen LogP contribution in [0.5, 0.6) is 0 Å². The molecule has 0 bridgehead atoms. The Bertz CT molecular complexity index is 422. The second kappa shape index (κ2) is 9.75. The van der Waals surface area contributed by atoms with Gasteiger partial charge in [-0.3, -0.25) is 0 Å². The Hall–Kier alpha value is -0.320. The third kappa shape index (κ3) is 4.74. The first-order valence-corrected chi connectivity index (χ1v) is 9.82. The molecule has 3 saturated heterocycles. The van der Waals surface area contributed by atoms with Crippen LogP contribution in [0.2, 0.25) is 0 Å². The van der Waals surface area contributed by atoms with Gasteiger partial charge in [0.25, 0.3) is 0 Å². The molecule has 3 aliphatic rings. The average molecular weight is 376 g/mol. The van der Waals surface area contributed by atoms with Crippen molar-refractivity contribution in [2.45, 2.75) is 94.7 Å². The highest BCUT2D eigenvalue weighted by atomic mass is 16.8. The normalized spacial score (nSPS) is 41.5. The monoisotopic (exact) mass is 376 g/mol. The Morgan fingerprint density at radius 3 is 2.19 bits per heavy atom. The third-order valence-electron chi connectivity index (χ3n) is 5.23. The van der Waals surface area contributed by atoms with Crippen LogP contribution in [0.3, 0.4) is 0 Å². The fourth-order valence-electron chi connectivity index (χ4n) is 3.63. The summed E-state index contributed by atoms with van der Waals surface area (Å²) in [6.45, 7) is 2.26. The maximum atomic E-state index is 10.5. The standard InChI is InChI=1S/C18H32O8/c1-2-3-4-5-6-7-8-22-17-13(21)14(11(9-19)23-17)26-18-16-15(25-16)12(10-20)24-18/h11-21H,2-10H2,1H3/t11-,12-,13+,14-,15-,16-,17+,18-/m1/s1. The quantitative estimate of drug-likeness (QED) is 0.330. The van der Waals surface area contributed by atoms with Crippen molar-refractivity contribution in [2.75, 3.05) is 19.8 Å². The summed E-state index contributed by atoms with van der Waals surface area (Å²) in [6, 6.07) is 0. The molecule has 3 heterocycles. The largest absolute Gasteiger partial charge is 0.394 e. The number of aliphatic hydroxyl groups is 3. The molecule has 0 saturated carbocycles. The number of rotatable bonds is 12. The van der Waals surface area contributed by atoms with E-state index in [9.17, 15) is 15.3 Å². The predicted octanol–water partition coefficient (Wildman–Crippen LogP) is 0.311. The molecule has 3 N–H and O–H groups in total. The summed E-state index contributed by atoms with van der Waals surface area (Å²) < 4.78 is 28.0. The molecular formula is C18H32O8. The highest BCUT2D eigenvalue weighted by Gasteiger charge is 2.60. The lowest BCUT2D eigenvalue weighted by Crippen LogP contribution is -2.41. The van der Waals surface area contributed by atoms with E-state index in [-0.39, 0.29) is 25.4 Å². The first-order chi connectivity index (χ1) is 12.7. The van der Waals surface area contributed by atoms with Gasteiger partial charge in [-0.15, -0.1) is 0 Å². The van der Waals surface area contributed by atoms with Gasteiger partial charge in [-0.1, -0.05) is 39.0 Å². The fourth-order valence-corrected chi connectivity index (χ4v) is 3.63. The third-order valence-corrected chi connectivity index (χ3v) is 5.23. The van der Waals surface area contributed by atoms with Gasteiger partial charge >= 0.3 is 0 Å². The molecule has 0 amide bonds. The lowest BCUT2D eigenvalue weighted by atomic mass is 10.1. The van der Waals surface area contributed by atoms with Crippen molar-refractivity contribution in [1.29, 1.82) is 0 Å². The molecule has 3 aliphatic heterocycles. The van der Waals surface area contributed by atoms with Crippen LogP contribution in [-0.2, 0) is 23.7 Å². The molecule has 26 heavy (non-hydrogen) atoms. The number of ether oxygens (including phenoxy) is 5. The van der Waals surface area contributed by atoms with Crippen molar-refractivity contribution in [3.8, 4) is 0 Å². The molecule has 8 atom stereocenters. The van der Waals surface area contributed by atoms with Crippen molar-refractivity contribution >= 4 is 0 Å². The van der Waals surface area contributed by atoms with Gasteiger partial charge in [0.2, 0.25) is 0 Å². The summed E-state index contributed by atoms with van der Waals surface area (Å²) in [5.74, 6) is 0. The van der Waals surface area contributed by atoms with E-state index in [1.165, 1.54) is 25.7 Å². The number of hydrogen-bond donors (Lipinski definition) is 3. The molecule has 0 aliphatic carbocycles. The van der Waals surface area contributed by atoms with Crippen molar-refractivity contribution < 1.29 is 39.0 Å². The molecule has 8 nitrogen and oxygen atoms in total. The zero-order valence-electron chi connectivity index (χ0n) is 15.4. The second-order valence-electron chi connectivity index (χ2n) is 7.25. The zero-order valence-corrected chi connectivity index (χ0v) is 15.4. The maximum absolute atomic E-state index is 10.5. The van der Waals surface area contributed by atoms with Crippen molar-refractivity contribution in [3.63, 3.8) is 0 Å². The van der Waals surface area contributed by atoms with Crippen LogP contribution in [0.1, 0.15) is 45.4 Å². The van der Waals surface area contributed by atoms with Gasteiger partial charge < -0.3 is 39.0 Å². The summed E-state index contributed by atoms with van der Waals surface area (Å²) in [5.41, 5.74) is 0. The van der Waals surface area contributed by atoms with Crippen LogP contribution in [0.25, 0.3) is 0 Å². The maximum Gasteiger partial charge on any atom is 0.187 e. The Morgan fingerprint density at radius 2 is 1.50 bits per heavy atom. The molecule has 0 spiro atoms. The summed E-state index contributed by atoms with van der Waals surface area (Å²) in [6.07, 6.45) is 2.15. The minimum absolute atomic E-state index is 0.141. The molecule has 152 valence electrons. The van der Waals surface area contributed by atoms with Crippen molar-refractivity contribution in [2.24, 2.45) is 0 Å². The summed E-state index contributed by atoms with van der Waals surface area (Å²) in [4.78, 5) is 0. The highest BCUT2D eigenvalue weighted by molar-refractivity contribution is 5.01. The molecular weight excluding hydrogens is 344 g/mol. The first-order valence-electron chi connectivity index (χ1n) is 9.82. The minimum atomic E-state index is -1.01. The molecule has 0 radical (unpaired) electrons.